The molecule has 5 heteroatoms. The molecule has 0 aliphatic rings. The average molecular weight is 239 g/mol. The predicted octanol–water partition coefficient (Wildman–Crippen LogP) is 2.73. The highest BCUT2D eigenvalue weighted by Gasteiger charge is 2.12. The van der Waals surface area contributed by atoms with Gasteiger partial charge in [0.05, 0.1) is 4.70 Å². The molecule has 0 amide bonds. The Morgan fingerprint density at radius 1 is 1.47 bits per heavy atom. The number of aromatic nitrogens is 2. The molecule has 2 heterocycles. The zero-order chi connectivity index (χ0) is 10.6. The van der Waals surface area contributed by atoms with E-state index in [0.717, 1.165) is 21.1 Å². The van der Waals surface area contributed by atoms with E-state index in [1.807, 2.05) is 29.8 Å². The van der Waals surface area contributed by atoms with Gasteiger partial charge in [0, 0.05) is 23.0 Å². The fourth-order valence-corrected chi connectivity index (χ4v) is 2.95. The lowest BCUT2D eigenvalue weighted by Crippen LogP contribution is -2.02. The van der Waals surface area contributed by atoms with E-state index in [1.54, 1.807) is 0 Å². The van der Waals surface area contributed by atoms with Crippen LogP contribution in [0.3, 0.4) is 0 Å². The lowest BCUT2D eigenvalue weighted by Gasteiger charge is -1.95. The van der Waals surface area contributed by atoms with Crippen LogP contribution in [0.2, 0.25) is 5.02 Å². The van der Waals surface area contributed by atoms with E-state index < -0.39 is 0 Å². The Balaban J connectivity index is 2.70. The van der Waals surface area contributed by atoms with E-state index in [4.69, 9.17) is 11.6 Å². The summed E-state index contributed by atoms with van der Waals surface area (Å²) in [5, 5.41) is 1.72. The van der Waals surface area contributed by atoms with Gasteiger partial charge in [-0.15, -0.1) is 0 Å². The first-order valence-corrected chi connectivity index (χ1v) is 5.63. The van der Waals surface area contributed by atoms with Crippen LogP contribution >= 0.6 is 23.1 Å². The van der Waals surface area contributed by atoms with Crippen LogP contribution in [0, 0.1) is 0 Å². The molecular formula is C10H7ClN2OS. The summed E-state index contributed by atoms with van der Waals surface area (Å²) in [4.78, 5) is 11.6. The van der Waals surface area contributed by atoms with Crippen LogP contribution in [0.25, 0.3) is 21.1 Å². The maximum Gasteiger partial charge on any atom is 0.282 e. The van der Waals surface area contributed by atoms with E-state index in [2.05, 4.69) is 4.37 Å². The second kappa shape index (κ2) is 2.87. The van der Waals surface area contributed by atoms with Crippen molar-refractivity contribution < 1.29 is 0 Å². The number of benzene rings is 1. The minimum absolute atomic E-state index is 0.0372. The van der Waals surface area contributed by atoms with Gasteiger partial charge in [0.1, 0.15) is 5.52 Å². The average Bonchev–Trinajstić information content (AvgIpc) is 2.70. The van der Waals surface area contributed by atoms with Gasteiger partial charge in [0.25, 0.3) is 5.56 Å². The molecule has 3 aromatic rings. The third-order valence-corrected chi connectivity index (χ3v) is 3.72. The number of rotatable bonds is 0. The molecule has 1 aromatic carbocycles. The molecule has 0 radical (unpaired) electrons. The van der Waals surface area contributed by atoms with Crippen molar-refractivity contribution in [2.45, 2.75) is 0 Å². The summed E-state index contributed by atoms with van der Waals surface area (Å²) in [7, 11) is 1.89. The van der Waals surface area contributed by atoms with Crippen LogP contribution in [-0.2, 0) is 7.05 Å². The van der Waals surface area contributed by atoms with Gasteiger partial charge in [-0.1, -0.05) is 23.1 Å². The van der Waals surface area contributed by atoms with Gasteiger partial charge in [-0.05, 0) is 18.2 Å². The van der Waals surface area contributed by atoms with Crippen LogP contribution < -0.4 is 5.56 Å². The van der Waals surface area contributed by atoms with Crippen molar-refractivity contribution in [2.75, 3.05) is 0 Å². The Hall–Kier alpha value is -1.26. The molecule has 0 saturated carbocycles. The standard InChI is InChI=1S/C10H7ClN2OS/c1-13-7-3-2-5(11)4-6(7)9-8(13)10(14)12-15-9/h2-4H,1H3,(H,12,14). The quantitative estimate of drug-likeness (QED) is 0.643. The third kappa shape index (κ3) is 1.09. The Morgan fingerprint density at radius 2 is 2.27 bits per heavy atom. The van der Waals surface area contributed by atoms with E-state index in [1.165, 1.54) is 11.5 Å². The normalized spacial score (nSPS) is 11.6. The molecule has 0 aliphatic heterocycles. The molecule has 1 N–H and O–H groups in total. The highest BCUT2D eigenvalue weighted by Crippen LogP contribution is 2.30. The fraction of sp³-hybridized carbons (Fsp3) is 0.100. The van der Waals surface area contributed by atoms with Crippen molar-refractivity contribution in [1.82, 2.24) is 8.94 Å². The van der Waals surface area contributed by atoms with Gasteiger partial charge in [-0.2, -0.15) is 0 Å². The molecule has 15 heavy (non-hydrogen) atoms. The van der Waals surface area contributed by atoms with Crippen LogP contribution in [0.1, 0.15) is 0 Å². The number of hydrogen-bond donors (Lipinski definition) is 1. The Bertz CT molecular complexity index is 722. The number of nitrogens with zero attached hydrogens (tertiary/aromatic N) is 1. The summed E-state index contributed by atoms with van der Waals surface area (Å²) < 4.78 is 5.60. The highest BCUT2D eigenvalue weighted by atomic mass is 35.5. The first-order chi connectivity index (χ1) is 7.18. The number of aryl methyl sites for hydroxylation is 1. The van der Waals surface area contributed by atoms with E-state index >= 15 is 0 Å². The predicted molar refractivity (Wildman–Crippen MR) is 63.9 cm³/mol. The van der Waals surface area contributed by atoms with E-state index in [-0.39, 0.29) is 5.56 Å². The Labute approximate surface area is 94.0 Å². The highest BCUT2D eigenvalue weighted by molar-refractivity contribution is 7.14. The SMILES string of the molecule is Cn1c2ccc(Cl)cc2c2s[nH]c(=O)c21. The van der Waals surface area contributed by atoms with E-state index in [0.29, 0.717) is 5.02 Å². The molecule has 0 spiro atoms. The van der Waals surface area contributed by atoms with Gasteiger partial charge in [0.2, 0.25) is 0 Å². The van der Waals surface area contributed by atoms with Crippen molar-refractivity contribution in [3.05, 3.63) is 33.6 Å². The van der Waals surface area contributed by atoms with Crippen LogP contribution in [0.4, 0.5) is 0 Å². The molecule has 0 fully saturated rings. The number of H-pyrrole nitrogens is 1. The molecule has 76 valence electrons. The van der Waals surface area contributed by atoms with Crippen molar-refractivity contribution in [3.63, 3.8) is 0 Å². The zero-order valence-electron chi connectivity index (χ0n) is 7.87. The second-order valence-electron chi connectivity index (χ2n) is 3.43. The largest absolute Gasteiger partial charge is 0.338 e. The zero-order valence-corrected chi connectivity index (χ0v) is 9.45. The van der Waals surface area contributed by atoms with Crippen LogP contribution in [-0.4, -0.2) is 8.94 Å². The molecule has 2 aromatic heterocycles. The number of hydrogen-bond acceptors (Lipinski definition) is 2. The van der Waals surface area contributed by atoms with Crippen LogP contribution in [0.5, 0.6) is 0 Å². The topological polar surface area (TPSA) is 37.8 Å². The van der Waals surface area contributed by atoms with Gasteiger partial charge in [-0.3, -0.25) is 9.17 Å². The number of aromatic amines is 1. The smallest absolute Gasteiger partial charge is 0.282 e. The lowest BCUT2D eigenvalue weighted by molar-refractivity contribution is 1.01. The summed E-state index contributed by atoms with van der Waals surface area (Å²) >= 11 is 7.30. The molecule has 3 rings (SSSR count). The Kier molecular flexibility index (Phi) is 1.72. The van der Waals surface area contributed by atoms with Gasteiger partial charge >= 0.3 is 0 Å². The van der Waals surface area contributed by atoms with Gasteiger partial charge in [-0.25, -0.2) is 0 Å². The molecule has 3 nitrogen and oxygen atoms in total. The maximum absolute atomic E-state index is 11.6. The number of halogens is 1. The fourth-order valence-electron chi connectivity index (χ4n) is 1.89. The van der Waals surface area contributed by atoms with Crippen molar-refractivity contribution in [2.24, 2.45) is 7.05 Å². The second-order valence-corrected chi connectivity index (χ2v) is 4.68. The van der Waals surface area contributed by atoms with Crippen molar-refractivity contribution in [3.8, 4) is 0 Å². The summed E-state index contributed by atoms with van der Waals surface area (Å²) in [5.41, 5.74) is 1.72. The first-order valence-electron chi connectivity index (χ1n) is 4.43. The summed E-state index contributed by atoms with van der Waals surface area (Å²) in [6.07, 6.45) is 0. The number of nitrogens with one attached hydrogen (secondary N) is 1. The molecule has 0 unspecified atom stereocenters. The molecular weight excluding hydrogens is 232 g/mol. The van der Waals surface area contributed by atoms with E-state index in [9.17, 15) is 4.79 Å². The monoisotopic (exact) mass is 238 g/mol. The van der Waals surface area contributed by atoms with Crippen molar-refractivity contribution in [1.29, 1.82) is 0 Å². The van der Waals surface area contributed by atoms with Crippen molar-refractivity contribution >= 4 is 44.3 Å². The minimum Gasteiger partial charge on any atom is -0.338 e. The molecule has 0 aliphatic carbocycles. The maximum atomic E-state index is 11.6. The lowest BCUT2D eigenvalue weighted by atomic mass is 10.2. The molecule has 0 saturated heterocycles. The van der Waals surface area contributed by atoms with Crippen LogP contribution in [0.15, 0.2) is 23.0 Å². The van der Waals surface area contributed by atoms with Gasteiger partial charge in [0.15, 0.2) is 0 Å². The number of fused-ring (bicyclic) bond motifs is 3. The molecule has 0 bridgehead atoms. The third-order valence-electron chi connectivity index (χ3n) is 2.58. The summed E-state index contributed by atoms with van der Waals surface area (Å²) in [5.74, 6) is 0. The minimum atomic E-state index is -0.0372. The summed E-state index contributed by atoms with van der Waals surface area (Å²) in [6, 6.07) is 5.66. The van der Waals surface area contributed by atoms with Gasteiger partial charge < -0.3 is 4.57 Å². The summed E-state index contributed by atoms with van der Waals surface area (Å²) in [6.45, 7) is 0. The molecule has 0 atom stereocenters. The Morgan fingerprint density at radius 3 is 3.07 bits per heavy atom. The first kappa shape index (κ1) is 9.00.